The van der Waals surface area contributed by atoms with Crippen molar-refractivity contribution < 1.29 is 19.1 Å². The van der Waals surface area contributed by atoms with Gasteiger partial charge in [0.15, 0.2) is 11.5 Å². The highest BCUT2D eigenvalue weighted by Gasteiger charge is 2.28. The number of aryl methyl sites for hydroxylation is 1. The lowest BCUT2D eigenvalue weighted by molar-refractivity contribution is -0.131. The van der Waals surface area contributed by atoms with Crippen molar-refractivity contribution in [1.82, 2.24) is 15.4 Å². The number of fused-ring (bicyclic) bond motifs is 1. The van der Waals surface area contributed by atoms with Crippen molar-refractivity contribution in [3.63, 3.8) is 0 Å². The van der Waals surface area contributed by atoms with Crippen molar-refractivity contribution >= 4 is 23.2 Å². The number of aromatic nitrogens is 1. The highest BCUT2D eigenvalue weighted by Crippen LogP contribution is 2.32. The van der Waals surface area contributed by atoms with Gasteiger partial charge in [-0.25, -0.2) is 0 Å². The number of hydrazine groups is 1. The summed E-state index contributed by atoms with van der Waals surface area (Å²) in [5, 5.41) is 0.804. The molecule has 3 aromatic rings. The summed E-state index contributed by atoms with van der Waals surface area (Å²) in [6.07, 6.45) is 2.92. The van der Waals surface area contributed by atoms with Gasteiger partial charge < -0.3 is 14.0 Å². The summed E-state index contributed by atoms with van der Waals surface area (Å²) in [5.74, 6) is 0.238. The molecule has 0 fully saturated rings. The van der Waals surface area contributed by atoms with Crippen LogP contribution >= 0.6 is 11.3 Å². The lowest BCUT2D eigenvalue weighted by Crippen LogP contribution is -2.51. The number of rotatable bonds is 3. The van der Waals surface area contributed by atoms with E-state index in [9.17, 15) is 9.59 Å². The zero-order chi connectivity index (χ0) is 19.7. The number of nitrogens with one attached hydrogen (secondary N) is 2. The Hall–Kier alpha value is -3.26. The first-order valence-electron chi connectivity index (χ1n) is 8.76. The first-order chi connectivity index (χ1) is 13.5. The Bertz CT molecular complexity index is 1030. The number of hydrogen-bond donors (Lipinski definition) is 2. The van der Waals surface area contributed by atoms with Gasteiger partial charge in [0.1, 0.15) is 11.6 Å². The van der Waals surface area contributed by atoms with E-state index in [0.29, 0.717) is 17.1 Å². The molecule has 0 bridgehead atoms. The van der Waals surface area contributed by atoms with Gasteiger partial charge in [0.2, 0.25) is 6.10 Å². The summed E-state index contributed by atoms with van der Waals surface area (Å²) in [6.45, 7) is 3.93. The van der Waals surface area contributed by atoms with E-state index in [-0.39, 0.29) is 12.5 Å². The van der Waals surface area contributed by atoms with Crippen LogP contribution in [0, 0.1) is 13.8 Å². The second-order valence-corrected chi connectivity index (χ2v) is 7.56. The van der Waals surface area contributed by atoms with Crippen molar-refractivity contribution in [2.75, 3.05) is 6.61 Å². The van der Waals surface area contributed by atoms with E-state index in [0.717, 1.165) is 15.4 Å². The summed E-state index contributed by atoms with van der Waals surface area (Å²) in [6, 6.07) is 10.9. The van der Waals surface area contributed by atoms with E-state index in [1.165, 1.54) is 11.3 Å². The smallest absolute Gasteiger partial charge is 0.283 e. The molecule has 0 saturated carbocycles. The summed E-state index contributed by atoms with van der Waals surface area (Å²) in [4.78, 5) is 26.2. The van der Waals surface area contributed by atoms with Crippen LogP contribution < -0.4 is 20.3 Å². The van der Waals surface area contributed by atoms with Gasteiger partial charge >= 0.3 is 0 Å². The van der Waals surface area contributed by atoms with Crippen molar-refractivity contribution in [1.29, 1.82) is 0 Å². The Labute approximate surface area is 165 Å². The van der Waals surface area contributed by atoms with Crippen LogP contribution in [0.3, 0.4) is 0 Å². The van der Waals surface area contributed by atoms with Crippen molar-refractivity contribution in [2.24, 2.45) is 0 Å². The molecule has 0 spiro atoms. The van der Waals surface area contributed by atoms with Crippen LogP contribution in [0.5, 0.6) is 11.5 Å². The molecule has 0 aliphatic carbocycles. The largest absolute Gasteiger partial charge is 0.485 e. The molecule has 2 amide bonds. The molecule has 2 N–H and O–H groups in total. The average molecular weight is 397 g/mol. The van der Waals surface area contributed by atoms with Gasteiger partial charge in [-0.05, 0) is 43.7 Å². The molecule has 144 valence electrons. The van der Waals surface area contributed by atoms with E-state index in [4.69, 9.17) is 9.47 Å². The van der Waals surface area contributed by atoms with Gasteiger partial charge in [-0.15, -0.1) is 11.3 Å². The normalized spacial score (nSPS) is 15.1. The van der Waals surface area contributed by atoms with Crippen molar-refractivity contribution in [3.05, 3.63) is 64.8 Å². The topological polar surface area (TPSA) is 81.6 Å². The highest BCUT2D eigenvalue weighted by molar-refractivity contribution is 7.15. The Kier molecular flexibility index (Phi) is 4.79. The van der Waals surface area contributed by atoms with Crippen LogP contribution in [0.2, 0.25) is 0 Å². The molecule has 0 saturated heterocycles. The molecular formula is C20H19N3O4S. The number of amides is 2. The predicted octanol–water partition coefficient (Wildman–Crippen LogP) is 2.76. The number of nitrogens with zero attached hydrogens (tertiary/aromatic N) is 1. The van der Waals surface area contributed by atoms with Gasteiger partial charge in [0.25, 0.3) is 11.8 Å². The highest BCUT2D eigenvalue weighted by atomic mass is 32.1. The molecule has 1 unspecified atom stereocenters. The lowest BCUT2D eigenvalue weighted by atomic mass is 10.1. The molecule has 2 aromatic heterocycles. The minimum absolute atomic E-state index is 0.0733. The van der Waals surface area contributed by atoms with Crippen LogP contribution in [0.25, 0.3) is 5.00 Å². The fourth-order valence-electron chi connectivity index (χ4n) is 2.94. The Morgan fingerprint density at radius 2 is 1.79 bits per heavy atom. The first-order valence-corrected chi connectivity index (χ1v) is 9.58. The monoisotopic (exact) mass is 397 g/mol. The van der Waals surface area contributed by atoms with Crippen LogP contribution in [0.15, 0.2) is 48.8 Å². The Morgan fingerprint density at radius 1 is 1.07 bits per heavy atom. The van der Waals surface area contributed by atoms with Crippen LogP contribution in [-0.4, -0.2) is 29.1 Å². The number of benzene rings is 1. The molecule has 8 heteroatoms. The van der Waals surface area contributed by atoms with Gasteiger partial charge in [0, 0.05) is 17.3 Å². The minimum Gasteiger partial charge on any atom is -0.485 e. The number of thiophene rings is 1. The third-order valence-corrected chi connectivity index (χ3v) is 5.75. The van der Waals surface area contributed by atoms with E-state index < -0.39 is 12.0 Å². The van der Waals surface area contributed by atoms with Gasteiger partial charge in [-0.3, -0.25) is 20.4 Å². The number of para-hydroxylation sites is 2. The lowest BCUT2D eigenvalue weighted by Gasteiger charge is -2.25. The van der Waals surface area contributed by atoms with Crippen LogP contribution in [-0.2, 0) is 4.79 Å². The summed E-state index contributed by atoms with van der Waals surface area (Å²) in [7, 11) is 0. The molecule has 1 aliphatic heterocycles. The predicted molar refractivity (Wildman–Crippen MR) is 105 cm³/mol. The van der Waals surface area contributed by atoms with Crippen molar-refractivity contribution in [2.45, 2.75) is 20.0 Å². The summed E-state index contributed by atoms with van der Waals surface area (Å²) < 4.78 is 13.1. The maximum Gasteiger partial charge on any atom is 0.283 e. The van der Waals surface area contributed by atoms with E-state index in [1.54, 1.807) is 18.2 Å². The maximum atomic E-state index is 12.8. The van der Waals surface area contributed by atoms with E-state index in [2.05, 4.69) is 10.9 Å². The number of carbonyl (C=O) groups excluding carboxylic acids is 2. The maximum absolute atomic E-state index is 12.8. The average Bonchev–Trinajstić information content (AvgIpc) is 3.34. The zero-order valence-corrected chi connectivity index (χ0v) is 16.2. The Morgan fingerprint density at radius 3 is 2.54 bits per heavy atom. The van der Waals surface area contributed by atoms with Gasteiger partial charge in [-0.2, -0.15) is 0 Å². The molecule has 3 heterocycles. The third-order valence-electron chi connectivity index (χ3n) is 4.53. The number of ether oxygens (including phenoxy) is 2. The van der Waals surface area contributed by atoms with Crippen LogP contribution in [0.1, 0.15) is 20.8 Å². The van der Waals surface area contributed by atoms with Gasteiger partial charge in [0.05, 0.1) is 5.56 Å². The molecule has 28 heavy (non-hydrogen) atoms. The van der Waals surface area contributed by atoms with Gasteiger partial charge in [-0.1, -0.05) is 12.1 Å². The van der Waals surface area contributed by atoms with Crippen molar-refractivity contribution in [3.8, 4) is 16.5 Å². The quantitative estimate of drug-likeness (QED) is 0.666. The molecule has 0 radical (unpaired) electrons. The summed E-state index contributed by atoms with van der Waals surface area (Å²) >= 11 is 1.53. The summed E-state index contributed by atoms with van der Waals surface area (Å²) in [5.41, 5.74) is 6.35. The fourth-order valence-corrected chi connectivity index (χ4v) is 4.06. The molecule has 1 aromatic carbocycles. The second-order valence-electron chi connectivity index (χ2n) is 6.36. The standard InChI is InChI=1S/C20H19N3O4S/c1-12-13(2)28-20(23-9-5-6-10-23)17(12)19(25)22-21-18(24)16-11-26-14-7-3-4-8-15(14)27-16/h3-10,16H,11H2,1-2H3,(H,21,24)(H,22,25). The number of carbonyl (C=O) groups is 2. The second kappa shape index (κ2) is 7.40. The molecular weight excluding hydrogens is 378 g/mol. The Balaban J connectivity index is 1.45. The fraction of sp³-hybridized carbons (Fsp3) is 0.200. The molecule has 1 aliphatic rings. The molecule has 4 rings (SSSR count). The molecule has 7 nitrogen and oxygen atoms in total. The van der Waals surface area contributed by atoms with Crippen LogP contribution in [0.4, 0.5) is 0 Å². The van der Waals surface area contributed by atoms with E-state index in [1.807, 2.05) is 49.0 Å². The first kappa shape index (κ1) is 18.1. The third kappa shape index (κ3) is 3.34. The zero-order valence-electron chi connectivity index (χ0n) is 15.4. The molecule has 1 atom stereocenters. The SMILES string of the molecule is Cc1sc(-n2cccc2)c(C(=O)NNC(=O)C2COc3ccccc3O2)c1C. The number of hydrogen-bond acceptors (Lipinski definition) is 5. The minimum atomic E-state index is -0.843. The van der Waals surface area contributed by atoms with E-state index >= 15 is 0 Å².